The molecule has 0 aliphatic carbocycles. The number of halogens is 3. The highest BCUT2D eigenvalue weighted by atomic mass is 19.4. The van der Waals surface area contributed by atoms with E-state index in [-0.39, 0.29) is 12.0 Å². The summed E-state index contributed by atoms with van der Waals surface area (Å²) < 4.78 is 45.8. The zero-order chi connectivity index (χ0) is 15.5. The van der Waals surface area contributed by atoms with Crippen LogP contribution in [0.1, 0.15) is 24.3 Å². The van der Waals surface area contributed by atoms with E-state index in [0.717, 1.165) is 12.3 Å². The Bertz CT molecular complexity index is 522. The molecule has 21 heavy (non-hydrogen) atoms. The van der Waals surface area contributed by atoms with Gasteiger partial charge in [0.15, 0.2) is 5.60 Å². The topological polar surface area (TPSA) is 29.5 Å². The summed E-state index contributed by atoms with van der Waals surface area (Å²) in [7, 11) is 0. The van der Waals surface area contributed by atoms with Crippen molar-refractivity contribution >= 4 is 0 Å². The summed E-state index contributed by atoms with van der Waals surface area (Å²) in [5, 5.41) is 10.5. The van der Waals surface area contributed by atoms with Crippen LogP contribution in [0.15, 0.2) is 54.8 Å². The fraction of sp³-hybridized carbons (Fsp3) is 0.375. The van der Waals surface area contributed by atoms with E-state index in [2.05, 4.69) is 6.58 Å². The monoisotopic (exact) mass is 298 g/mol. The molecule has 2 rings (SSSR count). The second-order valence-electron chi connectivity index (χ2n) is 5.01. The van der Waals surface area contributed by atoms with E-state index in [1.165, 1.54) is 0 Å². The van der Waals surface area contributed by atoms with Crippen LogP contribution in [-0.2, 0) is 4.74 Å². The minimum atomic E-state index is -4.83. The van der Waals surface area contributed by atoms with Crippen molar-refractivity contribution in [1.29, 1.82) is 0 Å². The van der Waals surface area contributed by atoms with Gasteiger partial charge in [-0.1, -0.05) is 36.4 Å². The highest BCUT2D eigenvalue weighted by Crippen LogP contribution is 2.48. The summed E-state index contributed by atoms with van der Waals surface area (Å²) in [5.41, 5.74) is -2.80. The van der Waals surface area contributed by atoms with Crippen LogP contribution in [0.3, 0.4) is 0 Å². The van der Waals surface area contributed by atoms with Crippen LogP contribution in [0.4, 0.5) is 13.2 Å². The number of benzene rings is 1. The van der Waals surface area contributed by atoms with Gasteiger partial charge in [-0.15, -0.1) is 6.58 Å². The second-order valence-corrected chi connectivity index (χ2v) is 5.01. The third-order valence-corrected chi connectivity index (χ3v) is 3.70. The van der Waals surface area contributed by atoms with E-state index in [4.69, 9.17) is 4.74 Å². The Morgan fingerprint density at radius 3 is 2.38 bits per heavy atom. The van der Waals surface area contributed by atoms with Gasteiger partial charge in [-0.3, -0.25) is 0 Å². The maximum absolute atomic E-state index is 13.6. The van der Waals surface area contributed by atoms with Crippen molar-refractivity contribution in [3.63, 3.8) is 0 Å². The summed E-state index contributed by atoms with van der Waals surface area (Å²) in [6, 6.07) is 8.07. The van der Waals surface area contributed by atoms with Gasteiger partial charge < -0.3 is 9.84 Å². The van der Waals surface area contributed by atoms with Gasteiger partial charge in [0.2, 0.25) is 0 Å². The second kappa shape index (κ2) is 5.93. The number of aliphatic hydroxyl groups is 1. The quantitative estimate of drug-likeness (QED) is 0.853. The molecule has 0 aromatic heterocycles. The van der Waals surface area contributed by atoms with Crippen molar-refractivity contribution in [1.82, 2.24) is 0 Å². The predicted molar refractivity (Wildman–Crippen MR) is 73.7 cm³/mol. The lowest BCUT2D eigenvalue weighted by molar-refractivity contribution is -0.250. The van der Waals surface area contributed by atoms with Crippen molar-refractivity contribution in [2.24, 2.45) is 0 Å². The molecular formula is C16H17F3O2. The Hall–Kier alpha value is -1.75. The van der Waals surface area contributed by atoms with Crippen molar-refractivity contribution < 1.29 is 23.0 Å². The van der Waals surface area contributed by atoms with Crippen LogP contribution in [0.25, 0.3) is 0 Å². The first-order chi connectivity index (χ1) is 9.91. The summed E-state index contributed by atoms with van der Waals surface area (Å²) in [6.45, 7) is 3.85. The van der Waals surface area contributed by atoms with Gasteiger partial charge in [-0.25, -0.2) is 0 Å². The molecular weight excluding hydrogens is 281 g/mol. The molecule has 0 radical (unpaired) electrons. The number of rotatable bonds is 4. The molecule has 2 atom stereocenters. The van der Waals surface area contributed by atoms with Crippen LogP contribution in [0, 0.1) is 0 Å². The summed E-state index contributed by atoms with van der Waals surface area (Å²) in [4.78, 5) is 0. The Kier molecular flexibility index (Phi) is 4.42. The molecule has 2 nitrogen and oxygen atoms in total. The Morgan fingerprint density at radius 1 is 1.24 bits per heavy atom. The number of hydrogen-bond donors (Lipinski definition) is 1. The van der Waals surface area contributed by atoms with Crippen LogP contribution in [-0.4, -0.2) is 23.5 Å². The SMILES string of the molecule is C=C[C@H](c1ccccc1)[C@@](O)(C1=COCCC1)C(F)(F)F. The largest absolute Gasteiger partial charge is 0.501 e. The lowest BCUT2D eigenvalue weighted by Gasteiger charge is -2.39. The third kappa shape index (κ3) is 2.83. The van der Waals surface area contributed by atoms with Gasteiger partial charge >= 0.3 is 6.18 Å². The molecule has 1 aromatic rings. The Labute approximate surface area is 121 Å². The van der Waals surface area contributed by atoms with Gasteiger partial charge in [-0.05, 0) is 18.4 Å². The van der Waals surface area contributed by atoms with Crippen molar-refractivity contribution in [2.45, 2.75) is 30.5 Å². The van der Waals surface area contributed by atoms with Crippen LogP contribution in [0.2, 0.25) is 0 Å². The molecule has 0 spiro atoms. The molecule has 0 saturated carbocycles. The van der Waals surface area contributed by atoms with Gasteiger partial charge in [0.1, 0.15) is 0 Å². The molecule has 0 unspecified atom stereocenters. The zero-order valence-electron chi connectivity index (χ0n) is 11.4. The third-order valence-electron chi connectivity index (χ3n) is 3.70. The molecule has 1 heterocycles. The molecule has 1 aliphatic rings. The van der Waals surface area contributed by atoms with E-state index in [1.54, 1.807) is 30.3 Å². The Balaban J connectivity index is 2.53. The molecule has 0 bridgehead atoms. The first-order valence-electron chi connectivity index (χ1n) is 6.69. The van der Waals surface area contributed by atoms with E-state index in [1.807, 2.05) is 0 Å². The summed E-state index contributed by atoms with van der Waals surface area (Å²) in [5.74, 6) is -1.29. The van der Waals surface area contributed by atoms with Gasteiger partial charge in [0.25, 0.3) is 0 Å². The van der Waals surface area contributed by atoms with Crippen molar-refractivity contribution in [3.05, 3.63) is 60.4 Å². The number of hydrogen-bond acceptors (Lipinski definition) is 2. The van der Waals surface area contributed by atoms with Crippen molar-refractivity contribution in [3.8, 4) is 0 Å². The summed E-state index contributed by atoms with van der Waals surface area (Å²) in [6.07, 6.45) is -2.06. The highest BCUT2D eigenvalue weighted by Gasteiger charge is 2.60. The number of alkyl halides is 3. The van der Waals surface area contributed by atoms with E-state index in [0.29, 0.717) is 18.6 Å². The first-order valence-corrected chi connectivity index (χ1v) is 6.69. The maximum Gasteiger partial charge on any atom is 0.422 e. The molecule has 0 saturated heterocycles. The molecule has 1 N–H and O–H groups in total. The van der Waals surface area contributed by atoms with Crippen LogP contribution >= 0.6 is 0 Å². The lowest BCUT2D eigenvalue weighted by atomic mass is 9.75. The molecule has 0 amide bonds. The van der Waals surface area contributed by atoms with E-state index in [9.17, 15) is 18.3 Å². The molecule has 0 fully saturated rings. The molecule has 5 heteroatoms. The predicted octanol–water partition coefficient (Wildman–Crippen LogP) is 3.94. The average Bonchev–Trinajstić information content (AvgIpc) is 2.48. The normalized spacial score (nSPS) is 19.9. The fourth-order valence-corrected chi connectivity index (χ4v) is 2.61. The lowest BCUT2D eigenvalue weighted by Crippen LogP contribution is -2.51. The maximum atomic E-state index is 13.6. The zero-order valence-corrected chi connectivity index (χ0v) is 11.4. The number of ether oxygens (including phenoxy) is 1. The Morgan fingerprint density at radius 2 is 1.90 bits per heavy atom. The highest BCUT2D eigenvalue weighted by molar-refractivity contribution is 5.36. The standard InChI is InChI=1S/C16H17F3O2/c1-2-14(12-7-4-3-5-8-12)15(20,16(17,18)19)13-9-6-10-21-11-13/h2-5,7-8,11,14,20H,1,6,9-10H2/t14-,15+/m1/s1. The van der Waals surface area contributed by atoms with E-state index < -0.39 is 17.7 Å². The van der Waals surface area contributed by atoms with Crippen molar-refractivity contribution in [2.75, 3.05) is 6.61 Å². The molecule has 1 aliphatic heterocycles. The van der Waals surface area contributed by atoms with Gasteiger partial charge in [-0.2, -0.15) is 13.2 Å². The smallest absolute Gasteiger partial charge is 0.422 e. The minimum Gasteiger partial charge on any atom is -0.501 e. The summed E-state index contributed by atoms with van der Waals surface area (Å²) >= 11 is 0. The van der Waals surface area contributed by atoms with Crippen LogP contribution in [0.5, 0.6) is 0 Å². The van der Waals surface area contributed by atoms with Gasteiger partial charge in [0, 0.05) is 11.5 Å². The average molecular weight is 298 g/mol. The minimum absolute atomic E-state index is 0.146. The fourth-order valence-electron chi connectivity index (χ4n) is 2.61. The molecule has 114 valence electrons. The van der Waals surface area contributed by atoms with Crippen LogP contribution < -0.4 is 0 Å². The molecule has 1 aromatic carbocycles. The first kappa shape index (κ1) is 15.6. The van der Waals surface area contributed by atoms with E-state index >= 15 is 0 Å². The van der Waals surface area contributed by atoms with Gasteiger partial charge in [0.05, 0.1) is 12.9 Å².